The van der Waals surface area contributed by atoms with E-state index in [-0.39, 0.29) is 18.7 Å². The van der Waals surface area contributed by atoms with Crippen LogP contribution in [0.15, 0.2) is 0 Å². The number of ketones is 1. The predicted molar refractivity (Wildman–Crippen MR) is 68.6 cm³/mol. The molecule has 0 aromatic heterocycles. The quantitative estimate of drug-likeness (QED) is 0.660. The zero-order valence-electron chi connectivity index (χ0n) is 11.4. The number of amides is 2. The summed E-state index contributed by atoms with van der Waals surface area (Å²) in [6.07, 6.45) is 1.59. The second-order valence-electron chi connectivity index (χ2n) is 4.93. The Kier molecular flexibility index (Phi) is 6.27. The number of hydrogen-bond donors (Lipinski definition) is 1. The smallest absolute Gasteiger partial charge is 0.225 e. The summed E-state index contributed by atoms with van der Waals surface area (Å²) in [6.45, 7) is -0.561. The summed E-state index contributed by atoms with van der Waals surface area (Å²) in [5.41, 5.74) is 0. The Morgan fingerprint density at radius 2 is 2.25 bits per heavy atom. The van der Waals surface area contributed by atoms with Crippen molar-refractivity contribution in [1.29, 1.82) is 0 Å². The Balaban J connectivity index is 2.54. The van der Waals surface area contributed by atoms with Gasteiger partial charge in [-0.1, -0.05) is 0 Å². The van der Waals surface area contributed by atoms with Crippen molar-refractivity contribution in [3.05, 3.63) is 0 Å². The molecule has 1 heterocycles. The summed E-state index contributed by atoms with van der Waals surface area (Å²) < 4.78 is 12.3. The van der Waals surface area contributed by atoms with E-state index in [4.69, 9.17) is 0 Å². The maximum Gasteiger partial charge on any atom is 0.225 e. The number of nitrogens with zero attached hydrogens (tertiary/aromatic N) is 1. The first-order chi connectivity index (χ1) is 9.49. The number of carbonyl (C=O) groups excluding carboxylic acids is 4. The molecular formula is C13H19FN2O4. The highest BCUT2D eigenvalue weighted by Crippen LogP contribution is 2.19. The van der Waals surface area contributed by atoms with Gasteiger partial charge < -0.3 is 15.0 Å². The number of hydrogen-bond acceptors (Lipinski definition) is 4. The van der Waals surface area contributed by atoms with Gasteiger partial charge in [-0.2, -0.15) is 0 Å². The molecule has 0 saturated carbocycles. The number of likely N-dealkylation sites (tertiary alicyclic amines) is 1. The lowest BCUT2D eigenvalue weighted by molar-refractivity contribution is -0.140. The van der Waals surface area contributed by atoms with Crippen molar-refractivity contribution in [2.24, 2.45) is 5.92 Å². The minimum Gasteiger partial charge on any atom is -0.346 e. The van der Waals surface area contributed by atoms with Crippen molar-refractivity contribution in [2.75, 3.05) is 20.3 Å². The minimum absolute atomic E-state index is 0.0436. The molecule has 112 valence electrons. The number of aldehydes is 1. The summed E-state index contributed by atoms with van der Waals surface area (Å²) in [6, 6.07) is -1.14. The van der Waals surface area contributed by atoms with E-state index < -0.39 is 30.3 Å². The number of piperidine rings is 1. The zero-order chi connectivity index (χ0) is 15.1. The first kappa shape index (κ1) is 16.3. The maximum absolute atomic E-state index is 12.3. The van der Waals surface area contributed by atoms with Crippen LogP contribution in [0.5, 0.6) is 0 Å². The average Bonchev–Trinajstić information content (AvgIpc) is 2.42. The van der Waals surface area contributed by atoms with Gasteiger partial charge in [-0.05, 0) is 12.8 Å². The standard InChI is InChI=1S/C13H19FN2O4/c1-16-5-2-3-9(13(16)20)7-12(19)15-10(4-6-17)11(18)8-14/h6,9-10H,2-5,7-8H2,1H3,(H,15,19). The Morgan fingerprint density at radius 3 is 2.85 bits per heavy atom. The van der Waals surface area contributed by atoms with Crippen molar-refractivity contribution >= 4 is 23.9 Å². The molecule has 1 N–H and O–H groups in total. The van der Waals surface area contributed by atoms with Crippen LogP contribution >= 0.6 is 0 Å². The lowest BCUT2D eigenvalue weighted by Crippen LogP contribution is -2.45. The van der Waals surface area contributed by atoms with Gasteiger partial charge in [0.2, 0.25) is 11.8 Å². The lowest BCUT2D eigenvalue weighted by atomic mass is 9.93. The van der Waals surface area contributed by atoms with E-state index in [1.165, 1.54) is 0 Å². The second kappa shape index (κ2) is 7.72. The summed E-state index contributed by atoms with van der Waals surface area (Å²) in [7, 11) is 1.67. The molecule has 2 atom stereocenters. The fraction of sp³-hybridized carbons (Fsp3) is 0.692. The van der Waals surface area contributed by atoms with Crippen molar-refractivity contribution in [2.45, 2.75) is 31.7 Å². The van der Waals surface area contributed by atoms with Crippen LogP contribution in [-0.4, -0.2) is 55.1 Å². The molecule has 1 saturated heterocycles. The van der Waals surface area contributed by atoms with Gasteiger partial charge in [0, 0.05) is 32.4 Å². The van der Waals surface area contributed by atoms with Crippen LogP contribution in [0.3, 0.4) is 0 Å². The van der Waals surface area contributed by atoms with Gasteiger partial charge in [0.05, 0.1) is 6.04 Å². The second-order valence-corrected chi connectivity index (χ2v) is 4.93. The fourth-order valence-electron chi connectivity index (χ4n) is 2.25. The summed E-state index contributed by atoms with van der Waals surface area (Å²) in [4.78, 5) is 46.8. The molecule has 0 radical (unpaired) electrons. The molecule has 0 aliphatic carbocycles. The Morgan fingerprint density at radius 1 is 1.55 bits per heavy atom. The molecule has 2 unspecified atom stereocenters. The Hall–Kier alpha value is -1.79. The number of halogens is 1. The first-order valence-electron chi connectivity index (χ1n) is 6.56. The van der Waals surface area contributed by atoms with Gasteiger partial charge in [0.15, 0.2) is 5.78 Å². The summed E-state index contributed by atoms with van der Waals surface area (Å²) in [5.74, 6) is -1.86. The Labute approximate surface area is 116 Å². The van der Waals surface area contributed by atoms with Crippen LogP contribution in [0.1, 0.15) is 25.7 Å². The monoisotopic (exact) mass is 286 g/mol. The first-order valence-corrected chi connectivity index (χ1v) is 6.56. The predicted octanol–water partition coefficient (Wildman–Crippen LogP) is -0.143. The van der Waals surface area contributed by atoms with E-state index in [9.17, 15) is 23.6 Å². The molecular weight excluding hydrogens is 267 g/mol. The minimum atomic E-state index is -1.23. The van der Waals surface area contributed by atoms with Crippen LogP contribution in [-0.2, 0) is 19.2 Å². The SMILES string of the molecule is CN1CCCC(CC(=O)NC(CC=O)C(=O)CF)C1=O. The van der Waals surface area contributed by atoms with E-state index in [0.29, 0.717) is 19.3 Å². The maximum atomic E-state index is 12.3. The topological polar surface area (TPSA) is 83.6 Å². The van der Waals surface area contributed by atoms with Crippen LogP contribution in [0.25, 0.3) is 0 Å². The third-order valence-corrected chi connectivity index (χ3v) is 3.39. The molecule has 7 heteroatoms. The molecule has 1 aliphatic rings. The van der Waals surface area contributed by atoms with Gasteiger partial charge >= 0.3 is 0 Å². The highest BCUT2D eigenvalue weighted by Gasteiger charge is 2.29. The molecule has 1 fully saturated rings. The number of rotatable bonds is 7. The largest absolute Gasteiger partial charge is 0.346 e. The van der Waals surface area contributed by atoms with Gasteiger partial charge in [0.1, 0.15) is 13.0 Å². The molecule has 2 amide bonds. The summed E-state index contributed by atoms with van der Waals surface area (Å²) in [5, 5.41) is 2.32. The molecule has 0 bridgehead atoms. The van der Waals surface area contributed by atoms with Crippen molar-refractivity contribution < 1.29 is 23.6 Å². The number of carbonyl (C=O) groups is 4. The fourth-order valence-corrected chi connectivity index (χ4v) is 2.25. The van der Waals surface area contributed by atoms with E-state index >= 15 is 0 Å². The molecule has 0 aromatic rings. The van der Waals surface area contributed by atoms with Crippen molar-refractivity contribution in [3.63, 3.8) is 0 Å². The molecule has 0 spiro atoms. The van der Waals surface area contributed by atoms with Crippen LogP contribution in [0.2, 0.25) is 0 Å². The van der Waals surface area contributed by atoms with Crippen LogP contribution in [0.4, 0.5) is 4.39 Å². The highest BCUT2D eigenvalue weighted by atomic mass is 19.1. The average molecular weight is 286 g/mol. The molecule has 20 heavy (non-hydrogen) atoms. The highest BCUT2D eigenvalue weighted by molar-refractivity contribution is 5.92. The van der Waals surface area contributed by atoms with Crippen LogP contribution in [0, 0.1) is 5.92 Å². The lowest BCUT2D eigenvalue weighted by Gasteiger charge is -2.29. The summed E-state index contributed by atoms with van der Waals surface area (Å²) >= 11 is 0. The van der Waals surface area contributed by atoms with E-state index in [1.807, 2.05) is 0 Å². The number of alkyl halides is 1. The van der Waals surface area contributed by atoms with E-state index in [0.717, 1.165) is 6.42 Å². The van der Waals surface area contributed by atoms with E-state index in [2.05, 4.69) is 5.32 Å². The van der Waals surface area contributed by atoms with Crippen molar-refractivity contribution in [3.8, 4) is 0 Å². The van der Waals surface area contributed by atoms with Gasteiger partial charge in [-0.25, -0.2) is 4.39 Å². The van der Waals surface area contributed by atoms with Gasteiger partial charge in [0.25, 0.3) is 0 Å². The van der Waals surface area contributed by atoms with Crippen LogP contribution < -0.4 is 5.32 Å². The normalized spacial score (nSPS) is 20.4. The zero-order valence-corrected chi connectivity index (χ0v) is 11.4. The third-order valence-electron chi connectivity index (χ3n) is 3.39. The van der Waals surface area contributed by atoms with E-state index in [1.54, 1.807) is 11.9 Å². The number of nitrogens with one attached hydrogen (secondary N) is 1. The Bertz CT molecular complexity index is 400. The van der Waals surface area contributed by atoms with Gasteiger partial charge in [-0.15, -0.1) is 0 Å². The third kappa shape index (κ3) is 4.40. The van der Waals surface area contributed by atoms with Gasteiger partial charge in [-0.3, -0.25) is 14.4 Å². The molecule has 1 rings (SSSR count). The number of Topliss-reactive ketones (excluding diaryl/α,β-unsaturated/α-hetero) is 1. The molecule has 1 aliphatic heterocycles. The molecule has 0 aromatic carbocycles. The molecule has 6 nitrogen and oxygen atoms in total. The van der Waals surface area contributed by atoms with Crippen molar-refractivity contribution in [1.82, 2.24) is 10.2 Å².